The number of aromatic amines is 1. The molecule has 1 fully saturated rings. The van der Waals surface area contributed by atoms with E-state index in [1.54, 1.807) is 12.1 Å². The molecule has 0 spiro atoms. The van der Waals surface area contributed by atoms with Crippen molar-refractivity contribution in [1.82, 2.24) is 20.2 Å². The van der Waals surface area contributed by atoms with Gasteiger partial charge < -0.3 is 14.5 Å². The minimum Gasteiger partial charge on any atom is -0.464 e. The molecule has 0 atom stereocenters. The van der Waals surface area contributed by atoms with E-state index in [1.165, 1.54) is 7.11 Å². The number of hydrogen-bond donors (Lipinski definition) is 1. The molecular weight excluding hydrogens is 378 g/mol. The van der Waals surface area contributed by atoms with E-state index in [0.29, 0.717) is 42.5 Å². The van der Waals surface area contributed by atoms with Crippen molar-refractivity contribution in [2.45, 2.75) is 0 Å². The first kappa shape index (κ1) is 16.2. The second-order valence-electron chi connectivity index (χ2n) is 5.07. The number of carbonyl (C=O) groups is 1. The molecule has 0 amide bonds. The van der Waals surface area contributed by atoms with E-state index in [9.17, 15) is 10.1 Å². The van der Waals surface area contributed by atoms with E-state index in [1.807, 2.05) is 6.07 Å². The van der Waals surface area contributed by atoms with Crippen LogP contribution >= 0.6 is 15.9 Å². The van der Waals surface area contributed by atoms with Crippen LogP contribution in [0.2, 0.25) is 0 Å². The van der Waals surface area contributed by atoms with Crippen LogP contribution < -0.4 is 9.80 Å². The Morgan fingerprint density at radius 1 is 1.29 bits per heavy atom. The van der Waals surface area contributed by atoms with Crippen LogP contribution in [0.15, 0.2) is 16.9 Å². The van der Waals surface area contributed by atoms with Crippen LogP contribution in [0.3, 0.4) is 0 Å². The maximum atomic E-state index is 11.5. The molecule has 124 valence electrons. The molecule has 3 rings (SSSR count). The quantitative estimate of drug-likeness (QED) is 0.769. The van der Waals surface area contributed by atoms with Gasteiger partial charge in [0.05, 0.1) is 12.8 Å². The predicted molar refractivity (Wildman–Crippen MR) is 88.8 cm³/mol. The summed E-state index contributed by atoms with van der Waals surface area (Å²) in [5, 5.41) is 16.2. The van der Waals surface area contributed by atoms with E-state index in [0.717, 1.165) is 0 Å². The summed E-state index contributed by atoms with van der Waals surface area (Å²) in [6.07, 6.45) is 0. The molecule has 9 nitrogen and oxygen atoms in total. The Balaban J connectivity index is 1.74. The molecule has 0 radical (unpaired) electrons. The second kappa shape index (κ2) is 6.84. The molecule has 1 aliphatic heterocycles. The molecular formula is C14H14BrN7O2. The predicted octanol–water partition coefficient (Wildman–Crippen LogP) is 0.947. The summed E-state index contributed by atoms with van der Waals surface area (Å²) in [5.41, 5.74) is 1.05. The molecule has 10 heteroatoms. The van der Waals surface area contributed by atoms with Crippen molar-refractivity contribution in [3.63, 3.8) is 0 Å². The Kier molecular flexibility index (Phi) is 4.61. The summed E-state index contributed by atoms with van der Waals surface area (Å²) >= 11 is 3.24. The SMILES string of the molecule is COC(=O)c1ccc(N2CCN(c3n[nH]c(Br)n3)CC2)c(C#N)n1. The number of aromatic nitrogens is 4. The average Bonchev–Trinajstić information content (AvgIpc) is 3.07. The number of hydrogen-bond acceptors (Lipinski definition) is 8. The zero-order valence-electron chi connectivity index (χ0n) is 12.9. The molecule has 1 N–H and O–H groups in total. The van der Waals surface area contributed by atoms with Crippen molar-refractivity contribution in [3.8, 4) is 6.07 Å². The smallest absolute Gasteiger partial charge is 0.356 e. The molecule has 0 aliphatic carbocycles. The number of nitrogens with zero attached hydrogens (tertiary/aromatic N) is 6. The van der Waals surface area contributed by atoms with Gasteiger partial charge in [0.2, 0.25) is 5.95 Å². The van der Waals surface area contributed by atoms with Crippen LogP contribution in [0.25, 0.3) is 0 Å². The average molecular weight is 392 g/mol. The van der Waals surface area contributed by atoms with E-state index in [4.69, 9.17) is 0 Å². The lowest BCUT2D eigenvalue weighted by Gasteiger charge is -2.35. The first-order valence-corrected chi connectivity index (χ1v) is 7.99. The van der Waals surface area contributed by atoms with E-state index in [-0.39, 0.29) is 11.4 Å². The Morgan fingerprint density at radius 3 is 2.58 bits per heavy atom. The van der Waals surface area contributed by atoms with Gasteiger partial charge in [0, 0.05) is 26.2 Å². The minimum absolute atomic E-state index is 0.127. The largest absolute Gasteiger partial charge is 0.464 e. The highest BCUT2D eigenvalue weighted by molar-refractivity contribution is 9.10. The maximum Gasteiger partial charge on any atom is 0.356 e. The Labute approximate surface area is 146 Å². The van der Waals surface area contributed by atoms with E-state index >= 15 is 0 Å². The fourth-order valence-corrected chi connectivity index (χ4v) is 2.78. The molecule has 0 unspecified atom stereocenters. The van der Waals surface area contributed by atoms with Crippen LogP contribution in [0.5, 0.6) is 0 Å². The number of pyridine rings is 1. The van der Waals surface area contributed by atoms with E-state index in [2.05, 4.69) is 50.6 Å². The maximum absolute atomic E-state index is 11.5. The number of methoxy groups -OCH3 is 1. The summed E-state index contributed by atoms with van der Waals surface area (Å²) in [6.45, 7) is 2.82. The molecule has 1 saturated heterocycles. The lowest BCUT2D eigenvalue weighted by molar-refractivity contribution is 0.0594. The summed E-state index contributed by atoms with van der Waals surface area (Å²) in [4.78, 5) is 24.0. The number of nitriles is 1. The zero-order valence-corrected chi connectivity index (χ0v) is 14.4. The molecule has 2 aromatic rings. The van der Waals surface area contributed by atoms with Gasteiger partial charge in [-0.15, -0.1) is 5.10 Å². The van der Waals surface area contributed by atoms with Gasteiger partial charge in [0.1, 0.15) is 11.8 Å². The molecule has 0 aromatic carbocycles. The first-order chi connectivity index (χ1) is 11.6. The number of ether oxygens (including phenoxy) is 1. The third kappa shape index (κ3) is 3.16. The molecule has 3 heterocycles. The third-order valence-corrected chi connectivity index (χ3v) is 4.08. The van der Waals surface area contributed by atoms with Gasteiger partial charge in [-0.3, -0.25) is 5.10 Å². The first-order valence-electron chi connectivity index (χ1n) is 7.19. The molecule has 2 aromatic heterocycles. The van der Waals surface area contributed by atoms with Gasteiger partial charge in [-0.05, 0) is 28.1 Å². The van der Waals surface area contributed by atoms with Crippen molar-refractivity contribution in [3.05, 3.63) is 28.3 Å². The van der Waals surface area contributed by atoms with E-state index < -0.39 is 5.97 Å². The Bertz CT molecular complexity index is 793. The number of H-pyrrole nitrogens is 1. The highest BCUT2D eigenvalue weighted by Gasteiger charge is 2.23. The molecule has 0 bridgehead atoms. The Morgan fingerprint density at radius 2 is 2.00 bits per heavy atom. The molecule has 0 saturated carbocycles. The number of halogens is 1. The normalized spacial score (nSPS) is 14.4. The van der Waals surface area contributed by atoms with Crippen LogP contribution in [-0.2, 0) is 4.74 Å². The van der Waals surface area contributed by atoms with Crippen LogP contribution in [0.4, 0.5) is 11.6 Å². The van der Waals surface area contributed by atoms with Gasteiger partial charge in [-0.2, -0.15) is 10.2 Å². The van der Waals surface area contributed by atoms with Gasteiger partial charge in [-0.25, -0.2) is 9.78 Å². The highest BCUT2D eigenvalue weighted by atomic mass is 79.9. The van der Waals surface area contributed by atoms with Gasteiger partial charge in [0.15, 0.2) is 10.4 Å². The van der Waals surface area contributed by atoms with Crippen LogP contribution in [0.1, 0.15) is 16.2 Å². The number of anilines is 2. The number of nitrogens with one attached hydrogen (secondary N) is 1. The number of esters is 1. The summed E-state index contributed by atoms with van der Waals surface area (Å²) < 4.78 is 5.23. The lowest BCUT2D eigenvalue weighted by Crippen LogP contribution is -2.47. The zero-order chi connectivity index (χ0) is 17.1. The van der Waals surface area contributed by atoms with Crippen molar-refractivity contribution in [1.29, 1.82) is 5.26 Å². The lowest BCUT2D eigenvalue weighted by atomic mass is 10.2. The fourth-order valence-electron chi connectivity index (χ4n) is 2.53. The Hall–Kier alpha value is -2.67. The summed E-state index contributed by atoms with van der Waals surface area (Å²) in [6, 6.07) is 5.35. The summed E-state index contributed by atoms with van der Waals surface area (Å²) in [7, 11) is 1.28. The number of rotatable bonds is 3. The molecule has 24 heavy (non-hydrogen) atoms. The standard InChI is InChI=1S/C14H14BrN7O2/c1-24-12(23)9-2-3-11(10(8-16)17-9)21-4-6-22(7-5-21)14-18-13(15)19-20-14/h2-3H,4-7H2,1H3,(H,18,19,20). The highest BCUT2D eigenvalue weighted by Crippen LogP contribution is 2.22. The van der Waals surface area contributed by atoms with Gasteiger partial charge in [0.25, 0.3) is 0 Å². The number of piperazine rings is 1. The van der Waals surface area contributed by atoms with Gasteiger partial charge in [-0.1, -0.05) is 0 Å². The van der Waals surface area contributed by atoms with Crippen molar-refractivity contribution < 1.29 is 9.53 Å². The topological polar surface area (TPSA) is 111 Å². The monoisotopic (exact) mass is 391 g/mol. The van der Waals surface area contributed by atoms with Crippen LogP contribution in [0, 0.1) is 11.3 Å². The third-order valence-electron chi connectivity index (χ3n) is 3.72. The van der Waals surface area contributed by atoms with Crippen LogP contribution in [-0.4, -0.2) is 59.4 Å². The van der Waals surface area contributed by atoms with Crippen molar-refractivity contribution >= 4 is 33.5 Å². The minimum atomic E-state index is -0.557. The number of carbonyl (C=O) groups excluding carboxylic acids is 1. The summed E-state index contributed by atoms with van der Waals surface area (Å²) in [5.74, 6) is 0.0826. The van der Waals surface area contributed by atoms with Gasteiger partial charge >= 0.3 is 5.97 Å². The second-order valence-corrected chi connectivity index (χ2v) is 5.82. The fraction of sp³-hybridized carbons (Fsp3) is 0.357. The van der Waals surface area contributed by atoms with Crippen molar-refractivity contribution in [2.24, 2.45) is 0 Å². The molecule has 1 aliphatic rings. The van der Waals surface area contributed by atoms with Crippen molar-refractivity contribution in [2.75, 3.05) is 43.1 Å².